The maximum Gasteiger partial charge on any atom is 0.328 e. The molecule has 2 rings (SSSR count). The third-order valence-corrected chi connectivity index (χ3v) is 2.88. The van der Waals surface area contributed by atoms with Crippen molar-refractivity contribution in [1.29, 1.82) is 0 Å². The number of carbonyl (C=O) groups is 1. The number of carboxylic acid groups (broad SMARTS) is 1. The molecule has 2 aromatic rings. The molecule has 0 heterocycles. The van der Waals surface area contributed by atoms with E-state index in [2.05, 4.69) is 0 Å². The van der Waals surface area contributed by atoms with Gasteiger partial charge in [0, 0.05) is 6.08 Å². The molecule has 0 bridgehead atoms. The highest BCUT2D eigenvalue weighted by Crippen LogP contribution is 2.30. The van der Waals surface area contributed by atoms with E-state index in [-0.39, 0.29) is 0 Å². The number of ether oxygens (including phenoxy) is 2. The standard InChI is InChI=1S/C17H16O4/c1-20-15-8-5-9-16(14(15)10-11-17(18)19)21-12-13-6-3-2-4-7-13/h2-11H,12H2,1H3,(H,18,19)/b11-10+. The Bertz CT molecular complexity index is 632. The zero-order chi connectivity index (χ0) is 15.1. The van der Waals surface area contributed by atoms with Crippen molar-refractivity contribution < 1.29 is 19.4 Å². The first-order valence-corrected chi connectivity index (χ1v) is 6.45. The highest BCUT2D eigenvalue weighted by molar-refractivity contribution is 5.86. The largest absolute Gasteiger partial charge is 0.496 e. The van der Waals surface area contributed by atoms with Gasteiger partial charge in [0.25, 0.3) is 0 Å². The number of rotatable bonds is 6. The van der Waals surface area contributed by atoms with Gasteiger partial charge in [-0.25, -0.2) is 4.79 Å². The summed E-state index contributed by atoms with van der Waals surface area (Å²) >= 11 is 0. The lowest BCUT2D eigenvalue weighted by Crippen LogP contribution is -1.98. The van der Waals surface area contributed by atoms with Crippen molar-refractivity contribution in [3.63, 3.8) is 0 Å². The summed E-state index contributed by atoms with van der Waals surface area (Å²) in [6, 6.07) is 15.1. The topological polar surface area (TPSA) is 55.8 Å². The summed E-state index contributed by atoms with van der Waals surface area (Å²) < 4.78 is 11.0. The quantitative estimate of drug-likeness (QED) is 0.826. The van der Waals surface area contributed by atoms with Crippen LogP contribution in [-0.2, 0) is 11.4 Å². The first-order valence-electron chi connectivity index (χ1n) is 6.45. The molecule has 2 aromatic carbocycles. The van der Waals surface area contributed by atoms with E-state index in [0.29, 0.717) is 23.7 Å². The lowest BCUT2D eigenvalue weighted by Gasteiger charge is -2.12. The molecule has 1 N–H and O–H groups in total. The number of carboxylic acids is 1. The van der Waals surface area contributed by atoms with Crippen LogP contribution in [0.15, 0.2) is 54.6 Å². The van der Waals surface area contributed by atoms with Gasteiger partial charge in [0.2, 0.25) is 0 Å². The fraction of sp³-hybridized carbons (Fsp3) is 0.118. The van der Waals surface area contributed by atoms with Gasteiger partial charge in [-0.15, -0.1) is 0 Å². The van der Waals surface area contributed by atoms with Crippen LogP contribution in [0.25, 0.3) is 6.08 Å². The summed E-state index contributed by atoms with van der Waals surface area (Å²) in [5, 5.41) is 8.77. The molecule has 0 fully saturated rings. The molecule has 0 amide bonds. The average molecular weight is 284 g/mol. The van der Waals surface area contributed by atoms with E-state index in [1.165, 1.54) is 13.2 Å². The van der Waals surface area contributed by atoms with Crippen LogP contribution < -0.4 is 9.47 Å². The molecular weight excluding hydrogens is 268 g/mol. The van der Waals surface area contributed by atoms with Crippen LogP contribution in [-0.4, -0.2) is 18.2 Å². The van der Waals surface area contributed by atoms with Gasteiger partial charge in [0.15, 0.2) is 0 Å². The number of aliphatic carboxylic acids is 1. The van der Waals surface area contributed by atoms with Gasteiger partial charge in [-0.3, -0.25) is 0 Å². The second kappa shape index (κ2) is 7.14. The zero-order valence-electron chi connectivity index (χ0n) is 11.7. The van der Waals surface area contributed by atoms with Gasteiger partial charge >= 0.3 is 5.97 Å². The summed E-state index contributed by atoms with van der Waals surface area (Å²) in [7, 11) is 1.54. The van der Waals surface area contributed by atoms with Gasteiger partial charge in [-0.2, -0.15) is 0 Å². The minimum Gasteiger partial charge on any atom is -0.496 e. The molecular formula is C17H16O4. The van der Waals surface area contributed by atoms with Crippen molar-refractivity contribution in [3.05, 3.63) is 65.7 Å². The number of hydrogen-bond donors (Lipinski definition) is 1. The monoisotopic (exact) mass is 284 g/mol. The number of benzene rings is 2. The molecule has 0 atom stereocenters. The molecule has 0 aromatic heterocycles. The molecule has 0 aliphatic rings. The van der Waals surface area contributed by atoms with E-state index in [9.17, 15) is 4.79 Å². The zero-order valence-corrected chi connectivity index (χ0v) is 11.7. The molecule has 4 nitrogen and oxygen atoms in total. The van der Waals surface area contributed by atoms with Crippen LogP contribution >= 0.6 is 0 Å². The highest BCUT2D eigenvalue weighted by atomic mass is 16.5. The molecule has 4 heteroatoms. The first-order chi connectivity index (χ1) is 10.2. The van der Waals surface area contributed by atoms with Gasteiger partial charge < -0.3 is 14.6 Å². The Labute approximate surface area is 123 Å². The van der Waals surface area contributed by atoms with Crippen molar-refractivity contribution in [3.8, 4) is 11.5 Å². The minimum absolute atomic E-state index is 0.405. The first kappa shape index (κ1) is 14.7. The molecule has 0 aliphatic carbocycles. The van der Waals surface area contributed by atoms with Crippen LogP contribution in [0.2, 0.25) is 0 Å². The van der Waals surface area contributed by atoms with E-state index in [0.717, 1.165) is 11.6 Å². The number of hydrogen-bond acceptors (Lipinski definition) is 3. The molecule has 21 heavy (non-hydrogen) atoms. The Hall–Kier alpha value is -2.75. The summed E-state index contributed by atoms with van der Waals surface area (Å²) in [5.74, 6) is 0.128. The molecule has 0 saturated carbocycles. The van der Waals surface area contributed by atoms with Crippen molar-refractivity contribution in [2.45, 2.75) is 6.61 Å². The third kappa shape index (κ3) is 4.11. The van der Waals surface area contributed by atoms with Crippen molar-refractivity contribution in [1.82, 2.24) is 0 Å². The van der Waals surface area contributed by atoms with Crippen molar-refractivity contribution in [2.24, 2.45) is 0 Å². The van der Waals surface area contributed by atoms with E-state index in [1.54, 1.807) is 18.2 Å². The fourth-order valence-corrected chi connectivity index (χ4v) is 1.88. The fourth-order valence-electron chi connectivity index (χ4n) is 1.88. The van der Waals surface area contributed by atoms with Crippen LogP contribution in [0.5, 0.6) is 11.5 Å². The van der Waals surface area contributed by atoms with Gasteiger partial charge in [-0.05, 0) is 23.8 Å². The van der Waals surface area contributed by atoms with E-state index < -0.39 is 5.97 Å². The van der Waals surface area contributed by atoms with E-state index in [1.807, 2.05) is 30.3 Å². The minimum atomic E-state index is -1.02. The Morgan fingerprint density at radius 3 is 2.48 bits per heavy atom. The third-order valence-electron chi connectivity index (χ3n) is 2.88. The van der Waals surface area contributed by atoms with Crippen molar-refractivity contribution >= 4 is 12.0 Å². The maximum absolute atomic E-state index is 10.7. The highest BCUT2D eigenvalue weighted by Gasteiger charge is 2.08. The summed E-state index contributed by atoms with van der Waals surface area (Å²) in [4.78, 5) is 10.7. The van der Waals surface area contributed by atoms with E-state index >= 15 is 0 Å². The van der Waals surface area contributed by atoms with Crippen molar-refractivity contribution in [2.75, 3.05) is 7.11 Å². The smallest absolute Gasteiger partial charge is 0.328 e. The maximum atomic E-state index is 10.7. The second-order valence-electron chi connectivity index (χ2n) is 4.32. The predicted octanol–water partition coefficient (Wildman–Crippen LogP) is 3.37. The predicted molar refractivity (Wildman–Crippen MR) is 80.4 cm³/mol. The van der Waals surface area contributed by atoms with Gasteiger partial charge in [0.1, 0.15) is 18.1 Å². The molecule has 108 valence electrons. The lowest BCUT2D eigenvalue weighted by atomic mass is 10.1. The summed E-state index contributed by atoms with van der Waals surface area (Å²) in [6.45, 7) is 0.405. The van der Waals surface area contributed by atoms with E-state index in [4.69, 9.17) is 14.6 Å². The normalized spacial score (nSPS) is 10.5. The Balaban J connectivity index is 2.23. The Kier molecular flexibility index (Phi) is 4.99. The van der Waals surface area contributed by atoms with Crippen LogP contribution in [0.1, 0.15) is 11.1 Å². The Morgan fingerprint density at radius 1 is 1.10 bits per heavy atom. The van der Waals surface area contributed by atoms with Gasteiger partial charge in [0.05, 0.1) is 12.7 Å². The average Bonchev–Trinajstić information content (AvgIpc) is 2.51. The molecule has 0 radical (unpaired) electrons. The molecule has 0 saturated heterocycles. The second-order valence-corrected chi connectivity index (χ2v) is 4.32. The molecule has 0 spiro atoms. The Morgan fingerprint density at radius 2 is 1.81 bits per heavy atom. The molecule has 0 aliphatic heterocycles. The SMILES string of the molecule is COc1cccc(OCc2ccccc2)c1/C=C/C(=O)O. The van der Waals surface area contributed by atoms with Crippen LogP contribution in [0.3, 0.4) is 0 Å². The lowest BCUT2D eigenvalue weighted by molar-refractivity contribution is -0.131. The number of methoxy groups -OCH3 is 1. The molecule has 0 unspecified atom stereocenters. The van der Waals surface area contributed by atoms with Gasteiger partial charge in [-0.1, -0.05) is 36.4 Å². The van der Waals surface area contributed by atoms with Crippen LogP contribution in [0.4, 0.5) is 0 Å². The van der Waals surface area contributed by atoms with Crippen LogP contribution in [0, 0.1) is 0 Å². The summed E-state index contributed by atoms with van der Waals surface area (Å²) in [5.41, 5.74) is 1.65. The summed E-state index contributed by atoms with van der Waals surface area (Å²) in [6.07, 6.45) is 2.54.